The molecule has 2 aromatic heterocycles. The number of hydrogen-bond donors (Lipinski definition) is 1. The minimum Gasteiger partial charge on any atom is -0.495 e. The lowest BCUT2D eigenvalue weighted by atomic mass is 10.1. The van der Waals surface area contributed by atoms with Gasteiger partial charge in [-0.1, -0.05) is 13.8 Å². The van der Waals surface area contributed by atoms with Crippen molar-refractivity contribution in [1.29, 1.82) is 0 Å². The second kappa shape index (κ2) is 6.08. The molecule has 1 N–H and O–H groups in total. The number of rotatable bonds is 4. The first-order valence-electron chi connectivity index (χ1n) is 7.29. The fraction of sp³-hybridized carbons (Fsp3) is 0.235. The highest BCUT2D eigenvalue weighted by Crippen LogP contribution is 2.31. The van der Waals surface area contributed by atoms with E-state index in [2.05, 4.69) is 15.3 Å². The number of anilines is 1. The van der Waals surface area contributed by atoms with E-state index in [1.54, 1.807) is 31.5 Å². The molecule has 0 fully saturated rings. The van der Waals surface area contributed by atoms with Gasteiger partial charge in [-0.05, 0) is 30.3 Å². The number of amides is 1. The summed E-state index contributed by atoms with van der Waals surface area (Å²) in [5, 5.41) is 2.86. The largest absolute Gasteiger partial charge is 0.495 e. The van der Waals surface area contributed by atoms with Crippen LogP contribution in [0.3, 0.4) is 0 Å². The summed E-state index contributed by atoms with van der Waals surface area (Å²) < 4.78 is 11.0. The van der Waals surface area contributed by atoms with E-state index in [9.17, 15) is 4.79 Å². The Kier molecular flexibility index (Phi) is 3.97. The van der Waals surface area contributed by atoms with Crippen LogP contribution in [0.15, 0.2) is 40.9 Å². The fourth-order valence-electron chi connectivity index (χ4n) is 2.11. The van der Waals surface area contributed by atoms with E-state index >= 15 is 0 Å². The van der Waals surface area contributed by atoms with Gasteiger partial charge >= 0.3 is 0 Å². The Morgan fingerprint density at radius 3 is 2.83 bits per heavy atom. The number of pyridine rings is 1. The zero-order valence-electron chi connectivity index (χ0n) is 13.2. The number of oxazole rings is 1. The van der Waals surface area contributed by atoms with E-state index < -0.39 is 0 Å². The average Bonchev–Trinajstić information content (AvgIpc) is 2.98. The second-order valence-electron chi connectivity index (χ2n) is 5.40. The Labute approximate surface area is 133 Å². The molecule has 0 atom stereocenters. The molecule has 0 aliphatic rings. The molecule has 1 amide bonds. The number of nitrogens with one attached hydrogen (secondary N) is 1. The van der Waals surface area contributed by atoms with Gasteiger partial charge in [-0.3, -0.25) is 4.79 Å². The van der Waals surface area contributed by atoms with Gasteiger partial charge < -0.3 is 14.5 Å². The summed E-state index contributed by atoms with van der Waals surface area (Å²) >= 11 is 0. The number of methoxy groups -OCH3 is 1. The number of carbonyl (C=O) groups excluding carboxylic acids is 1. The summed E-state index contributed by atoms with van der Waals surface area (Å²) in [5.74, 6) is 0.815. The summed E-state index contributed by atoms with van der Waals surface area (Å²) in [6.07, 6.45) is 1.66. The smallest absolute Gasteiger partial charge is 0.228 e. The minimum absolute atomic E-state index is 0.0836. The Morgan fingerprint density at radius 2 is 2.13 bits per heavy atom. The zero-order chi connectivity index (χ0) is 16.4. The maximum absolute atomic E-state index is 12.0. The first-order chi connectivity index (χ1) is 11.1. The third kappa shape index (κ3) is 3.01. The topological polar surface area (TPSA) is 77.2 Å². The van der Waals surface area contributed by atoms with Gasteiger partial charge in [0.05, 0.1) is 12.8 Å². The molecule has 0 saturated heterocycles. The monoisotopic (exact) mass is 311 g/mol. The average molecular weight is 311 g/mol. The van der Waals surface area contributed by atoms with Gasteiger partial charge in [0.25, 0.3) is 0 Å². The number of nitrogens with zero attached hydrogens (tertiary/aromatic N) is 2. The molecule has 0 aliphatic carbocycles. The lowest BCUT2D eigenvalue weighted by Gasteiger charge is -2.12. The molecular formula is C17H17N3O3. The number of carbonyl (C=O) groups is 1. The van der Waals surface area contributed by atoms with Crippen LogP contribution in [0, 0.1) is 5.92 Å². The molecule has 1 aromatic carbocycles. The van der Waals surface area contributed by atoms with Gasteiger partial charge in [0.15, 0.2) is 11.2 Å². The Morgan fingerprint density at radius 1 is 1.30 bits per heavy atom. The van der Waals surface area contributed by atoms with E-state index in [1.165, 1.54) is 0 Å². The highest BCUT2D eigenvalue weighted by Gasteiger charge is 2.14. The molecule has 0 unspecified atom stereocenters. The number of aromatic nitrogens is 2. The lowest BCUT2D eigenvalue weighted by Crippen LogP contribution is -2.18. The number of ether oxygens (including phenoxy) is 1. The molecule has 23 heavy (non-hydrogen) atoms. The van der Waals surface area contributed by atoms with Gasteiger partial charge in [-0.25, -0.2) is 4.98 Å². The molecule has 0 saturated carbocycles. The molecule has 6 heteroatoms. The van der Waals surface area contributed by atoms with Crippen LogP contribution in [0.25, 0.3) is 22.7 Å². The first-order valence-corrected chi connectivity index (χ1v) is 7.29. The van der Waals surface area contributed by atoms with Crippen LogP contribution in [0.1, 0.15) is 13.8 Å². The lowest BCUT2D eigenvalue weighted by molar-refractivity contribution is -0.118. The van der Waals surface area contributed by atoms with Crippen LogP contribution in [-0.2, 0) is 4.79 Å². The van der Waals surface area contributed by atoms with Crippen molar-refractivity contribution in [2.24, 2.45) is 5.92 Å². The van der Waals surface area contributed by atoms with Crippen LogP contribution >= 0.6 is 0 Å². The van der Waals surface area contributed by atoms with E-state index in [1.807, 2.05) is 26.0 Å². The minimum atomic E-state index is -0.128. The van der Waals surface area contributed by atoms with Crippen molar-refractivity contribution in [2.75, 3.05) is 12.4 Å². The van der Waals surface area contributed by atoms with Crippen molar-refractivity contribution in [2.45, 2.75) is 13.8 Å². The molecule has 0 radical (unpaired) electrons. The van der Waals surface area contributed by atoms with Crippen molar-refractivity contribution in [3.05, 3.63) is 36.5 Å². The van der Waals surface area contributed by atoms with Crippen LogP contribution in [-0.4, -0.2) is 23.0 Å². The third-order valence-electron chi connectivity index (χ3n) is 3.39. The van der Waals surface area contributed by atoms with Crippen molar-refractivity contribution < 1.29 is 13.9 Å². The highest BCUT2D eigenvalue weighted by molar-refractivity contribution is 5.94. The summed E-state index contributed by atoms with van der Waals surface area (Å²) in [4.78, 5) is 20.5. The van der Waals surface area contributed by atoms with Crippen molar-refractivity contribution in [3.8, 4) is 17.2 Å². The van der Waals surface area contributed by atoms with Crippen molar-refractivity contribution >= 4 is 22.8 Å². The normalized spacial score (nSPS) is 11.0. The van der Waals surface area contributed by atoms with Gasteiger partial charge in [0.2, 0.25) is 11.8 Å². The SMILES string of the molecule is COc1ccc(-c2nc3ncccc3o2)cc1NC(=O)C(C)C. The molecule has 0 spiro atoms. The van der Waals surface area contributed by atoms with Gasteiger partial charge in [0, 0.05) is 17.7 Å². The quantitative estimate of drug-likeness (QED) is 0.798. The molecule has 3 rings (SSSR count). The molecule has 3 aromatic rings. The highest BCUT2D eigenvalue weighted by atomic mass is 16.5. The van der Waals surface area contributed by atoms with Crippen LogP contribution in [0.5, 0.6) is 5.75 Å². The van der Waals surface area contributed by atoms with Crippen LogP contribution in [0.2, 0.25) is 0 Å². The van der Waals surface area contributed by atoms with Crippen molar-refractivity contribution in [3.63, 3.8) is 0 Å². The first kappa shape index (κ1) is 15.0. The number of hydrogen-bond acceptors (Lipinski definition) is 5. The van der Waals surface area contributed by atoms with Crippen LogP contribution < -0.4 is 10.1 Å². The van der Waals surface area contributed by atoms with E-state index in [0.717, 1.165) is 5.56 Å². The predicted octanol–water partition coefficient (Wildman–Crippen LogP) is 3.49. The van der Waals surface area contributed by atoms with Crippen LogP contribution in [0.4, 0.5) is 5.69 Å². The standard InChI is InChI=1S/C17H17N3O3/c1-10(2)16(21)19-12-9-11(6-7-13(12)22-3)17-20-15-14(23-17)5-4-8-18-15/h4-10H,1-3H3,(H,19,21). The molecule has 118 valence electrons. The van der Waals surface area contributed by atoms with E-state index in [4.69, 9.17) is 9.15 Å². The van der Waals surface area contributed by atoms with E-state index in [-0.39, 0.29) is 11.8 Å². The number of fused-ring (bicyclic) bond motifs is 1. The van der Waals surface area contributed by atoms with Gasteiger partial charge in [-0.15, -0.1) is 0 Å². The molecule has 0 bridgehead atoms. The Balaban J connectivity index is 2.01. The number of benzene rings is 1. The summed E-state index contributed by atoms with van der Waals surface area (Å²) in [5.41, 5.74) is 2.49. The third-order valence-corrected chi connectivity index (χ3v) is 3.39. The Hall–Kier alpha value is -2.89. The van der Waals surface area contributed by atoms with E-state index in [0.29, 0.717) is 28.6 Å². The molecular weight excluding hydrogens is 294 g/mol. The predicted molar refractivity (Wildman–Crippen MR) is 87.3 cm³/mol. The summed E-state index contributed by atoms with van der Waals surface area (Å²) in [6, 6.07) is 8.98. The molecule has 2 heterocycles. The summed E-state index contributed by atoms with van der Waals surface area (Å²) in [6.45, 7) is 3.66. The maximum Gasteiger partial charge on any atom is 0.228 e. The van der Waals surface area contributed by atoms with Gasteiger partial charge in [-0.2, -0.15) is 4.98 Å². The molecule has 0 aliphatic heterocycles. The summed E-state index contributed by atoms with van der Waals surface area (Å²) in [7, 11) is 1.56. The molecule has 6 nitrogen and oxygen atoms in total. The van der Waals surface area contributed by atoms with Crippen molar-refractivity contribution in [1.82, 2.24) is 9.97 Å². The zero-order valence-corrected chi connectivity index (χ0v) is 13.2. The second-order valence-corrected chi connectivity index (χ2v) is 5.40. The fourth-order valence-corrected chi connectivity index (χ4v) is 2.11. The van der Waals surface area contributed by atoms with Gasteiger partial charge in [0.1, 0.15) is 5.75 Å². The Bertz CT molecular complexity index is 822. The maximum atomic E-state index is 12.0.